The monoisotopic (exact) mass is 561 g/mol. The second kappa shape index (κ2) is 13.0. The minimum atomic E-state index is -1.46. The molecule has 2 aliphatic rings. The Bertz CT molecular complexity index is 1410. The van der Waals surface area contributed by atoms with E-state index in [0.717, 1.165) is 44.1 Å². The van der Waals surface area contributed by atoms with Gasteiger partial charge in [0.15, 0.2) is 12.0 Å². The molecule has 2 fully saturated rings. The Morgan fingerprint density at radius 1 is 1.24 bits per heavy atom. The number of carbonyl (C=O) groups is 1. The van der Waals surface area contributed by atoms with Crippen molar-refractivity contribution in [2.24, 2.45) is 0 Å². The molecule has 0 aliphatic carbocycles. The first-order chi connectivity index (χ1) is 19.9. The molecule has 2 aliphatic heterocycles. The zero-order valence-electron chi connectivity index (χ0n) is 22.7. The molecule has 3 aromatic rings. The van der Waals surface area contributed by atoms with Crippen LogP contribution in [0.1, 0.15) is 24.5 Å². The van der Waals surface area contributed by atoms with E-state index in [-0.39, 0.29) is 30.8 Å². The number of nitrogens with zero attached hydrogens (tertiary/aromatic N) is 6. The Hall–Kier alpha value is -4.18. The number of piperidine rings is 1. The van der Waals surface area contributed by atoms with Gasteiger partial charge in [-0.2, -0.15) is 10.2 Å². The van der Waals surface area contributed by atoms with E-state index in [4.69, 9.17) is 9.47 Å². The predicted molar refractivity (Wildman–Crippen MR) is 148 cm³/mol. The summed E-state index contributed by atoms with van der Waals surface area (Å²) in [5.74, 6) is 0.447. The number of carbonyl (C=O) groups excluding carboxylic acids is 1. The molecule has 0 radical (unpaired) electrons. The molecule has 0 spiro atoms. The van der Waals surface area contributed by atoms with Gasteiger partial charge in [-0.1, -0.05) is 12.1 Å². The topological polar surface area (TPSA) is 137 Å². The Labute approximate surface area is 237 Å². The second-order valence-corrected chi connectivity index (χ2v) is 10.1. The third-order valence-electron chi connectivity index (χ3n) is 7.05. The fourth-order valence-electron chi connectivity index (χ4n) is 4.89. The number of alkyl halides is 1. The maximum absolute atomic E-state index is 14.8. The van der Waals surface area contributed by atoms with Crippen LogP contribution in [0.4, 0.5) is 16.0 Å². The Balaban J connectivity index is 1.25. The molecule has 1 amide bonds. The summed E-state index contributed by atoms with van der Waals surface area (Å²) in [4.78, 5) is 28.7. The van der Waals surface area contributed by atoms with Gasteiger partial charge in [0.2, 0.25) is 5.95 Å². The van der Waals surface area contributed by atoms with Crippen molar-refractivity contribution in [3.8, 4) is 23.2 Å². The molecule has 3 heterocycles. The highest BCUT2D eigenvalue weighted by Gasteiger charge is 2.34. The first-order valence-electron chi connectivity index (χ1n) is 13.6. The Morgan fingerprint density at radius 2 is 2.07 bits per heavy atom. The number of aliphatic hydroxyl groups excluding tert-OH is 1. The maximum Gasteiger partial charge on any atom is 0.251 e. The van der Waals surface area contributed by atoms with Crippen LogP contribution in [0.25, 0.3) is 11.4 Å². The number of morpholine rings is 1. The van der Waals surface area contributed by atoms with Crippen molar-refractivity contribution in [3.05, 3.63) is 59.9 Å². The summed E-state index contributed by atoms with van der Waals surface area (Å²) in [6.45, 7) is 5.56. The molecule has 41 heavy (non-hydrogen) atoms. The fraction of sp³-hybridized carbons (Fsp3) is 0.414. The van der Waals surface area contributed by atoms with Crippen LogP contribution in [-0.4, -0.2) is 93.5 Å². The summed E-state index contributed by atoms with van der Waals surface area (Å²) in [7, 11) is 0. The van der Waals surface area contributed by atoms with Crippen LogP contribution in [0, 0.1) is 11.3 Å². The number of hydrogen-bond acceptors (Lipinski definition) is 10. The van der Waals surface area contributed by atoms with E-state index < -0.39 is 24.3 Å². The van der Waals surface area contributed by atoms with Gasteiger partial charge in [0.1, 0.15) is 30.4 Å². The highest BCUT2D eigenvalue weighted by atomic mass is 19.1. The van der Waals surface area contributed by atoms with Crippen molar-refractivity contribution in [2.75, 3.05) is 44.7 Å². The lowest BCUT2D eigenvalue weighted by atomic mass is 10.0. The van der Waals surface area contributed by atoms with E-state index in [2.05, 4.69) is 43.4 Å². The minimum Gasteiger partial charge on any atom is -0.486 e. The molecule has 0 bridgehead atoms. The molecule has 1 aromatic heterocycles. The maximum atomic E-state index is 14.8. The number of anilines is 2. The van der Waals surface area contributed by atoms with E-state index in [1.165, 1.54) is 18.2 Å². The summed E-state index contributed by atoms with van der Waals surface area (Å²) in [6.07, 6.45) is -1.83. The number of amides is 1. The lowest BCUT2D eigenvalue weighted by Gasteiger charge is -2.35. The van der Waals surface area contributed by atoms with Crippen molar-refractivity contribution < 1.29 is 23.8 Å². The van der Waals surface area contributed by atoms with E-state index in [1.54, 1.807) is 18.2 Å². The number of nitriles is 1. The average molecular weight is 562 g/mol. The van der Waals surface area contributed by atoms with E-state index in [9.17, 15) is 19.6 Å². The number of benzene rings is 2. The molecule has 0 saturated carbocycles. The minimum absolute atomic E-state index is 0.175. The molecule has 5 rings (SSSR count). The van der Waals surface area contributed by atoms with Gasteiger partial charge in [0, 0.05) is 43.9 Å². The number of hydrogen-bond donors (Lipinski definition) is 2. The summed E-state index contributed by atoms with van der Waals surface area (Å²) in [5.41, 5.74) is 2.80. The summed E-state index contributed by atoms with van der Waals surface area (Å²) < 4.78 is 26.1. The summed E-state index contributed by atoms with van der Waals surface area (Å²) in [6, 6.07) is 15.1. The van der Waals surface area contributed by atoms with Gasteiger partial charge in [-0.05, 0) is 42.8 Å². The van der Waals surface area contributed by atoms with Crippen molar-refractivity contribution in [1.82, 2.24) is 24.8 Å². The Morgan fingerprint density at radius 3 is 2.83 bits per heavy atom. The average Bonchev–Trinajstić information content (AvgIpc) is 2.98. The Kier molecular flexibility index (Phi) is 8.98. The first-order valence-corrected chi connectivity index (χ1v) is 13.6. The molecule has 214 valence electrons. The zero-order chi connectivity index (χ0) is 28.8. The number of rotatable bonds is 8. The number of likely N-dealkylation sites (tertiary alicyclic amines) is 1. The molecule has 12 heteroatoms. The molecular formula is C29H32FN7O4. The lowest BCUT2D eigenvalue weighted by Crippen LogP contribution is -2.51. The van der Waals surface area contributed by atoms with Crippen LogP contribution < -0.4 is 10.1 Å². The standard InChI is InChI=1S/C29H32FN7O4/c1-19(38)28(39)37-8-7-26(24(30)17-37)41-25-6-5-21(14-22(25)15-31)27-32-18-33-29(35-27)34-23-4-2-3-20(13-23)16-36-9-11-40-12-10-36/h2-6,13-14,18-19,24,26,38H,7-12,16-17H2,1H3,(H,32,33,34,35)/t19-,24-,26-/m0/s1. The van der Waals surface area contributed by atoms with Crippen LogP contribution >= 0.6 is 0 Å². The molecular weight excluding hydrogens is 529 g/mol. The molecule has 0 unspecified atom stereocenters. The van der Waals surface area contributed by atoms with Gasteiger partial charge in [0.25, 0.3) is 5.91 Å². The number of aromatic nitrogens is 3. The van der Waals surface area contributed by atoms with Gasteiger partial charge in [-0.25, -0.2) is 14.4 Å². The SMILES string of the molecule is C[C@H](O)C(=O)N1CC[C@H](Oc2ccc(-c3ncnc(Nc4cccc(CN5CCOCC5)c4)n3)cc2C#N)[C@@H](F)C1. The summed E-state index contributed by atoms with van der Waals surface area (Å²) in [5, 5.41) is 22.5. The molecule has 3 atom stereocenters. The highest BCUT2D eigenvalue weighted by molar-refractivity contribution is 5.80. The largest absolute Gasteiger partial charge is 0.486 e. The molecule has 2 N–H and O–H groups in total. The van der Waals surface area contributed by atoms with Crippen LogP contribution in [0.3, 0.4) is 0 Å². The van der Waals surface area contributed by atoms with Crippen LogP contribution in [0.5, 0.6) is 5.75 Å². The van der Waals surface area contributed by atoms with Crippen molar-refractivity contribution in [2.45, 2.75) is 38.3 Å². The van der Waals surface area contributed by atoms with E-state index >= 15 is 0 Å². The predicted octanol–water partition coefficient (Wildman–Crippen LogP) is 2.68. The normalized spacial score (nSPS) is 20.2. The number of halogens is 1. The molecule has 2 aromatic carbocycles. The third-order valence-corrected chi connectivity index (χ3v) is 7.05. The van der Waals surface area contributed by atoms with E-state index in [1.807, 2.05) is 12.1 Å². The quantitative estimate of drug-likeness (QED) is 0.422. The third kappa shape index (κ3) is 7.13. The van der Waals surface area contributed by atoms with Gasteiger partial charge in [0.05, 0.1) is 25.3 Å². The summed E-state index contributed by atoms with van der Waals surface area (Å²) >= 11 is 0. The van der Waals surface area contributed by atoms with Crippen molar-refractivity contribution in [1.29, 1.82) is 5.26 Å². The van der Waals surface area contributed by atoms with Crippen LogP contribution in [0.15, 0.2) is 48.8 Å². The van der Waals surface area contributed by atoms with Crippen LogP contribution in [0.2, 0.25) is 0 Å². The molecule has 2 saturated heterocycles. The van der Waals surface area contributed by atoms with Crippen molar-refractivity contribution in [3.63, 3.8) is 0 Å². The van der Waals surface area contributed by atoms with E-state index in [0.29, 0.717) is 17.3 Å². The second-order valence-electron chi connectivity index (χ2n) is 10.1. The van der Waals surface area contributed by atoms with Gasteiger partial charge < -0.3 is 24.8 Å². The van der Waals surface area contributed by atoms with Gasteiger partial charge in [-0.15, -0.1) is 0 Å². The van der Waals surface area contributed by atoms with Gasteiger partial charge in [-0.3, -0.25) is 9.69 Å². The first kappa shape index (κ1) is 28.4. The lowest BCUT2D eigenvalue weighted by molar-refractivity contribution is -0.143. The van der Waals surface area contributed by atoms with Crippen molar-refractivity contribution >= 4 is 17.5 Å². The van der Waals surface area contributed by atoms with Gasteiger partial charge >= 0.3 is 0 Å². The zero-order valence-corrected chi connectivity index (χ0v) is 22.7. The number of aliphatic hydroxyl groups is 1. The van der Waals surface area contributed by atoms with Crippen LogP contribution in [-0.2, 0) is 16.1 Å². The fourth-order valence-corrected chi connectivity index (χ4v) is 4.89. The number of nitrogens with one attached hydrogen (secondary N) is 1. The smallest absolute Gasteiger partial charge is 0.251 e. The number of ether oxygens (including phenoxy) is 2. The highest BCUT2D eigenvalue weighted by Crippen LogP contribution is 2.28. The molecule has 11 nitrogen and oxygen atoms in total.